The number of anilines is 1. The lowest BCUT2D eigenvalue weighted by Crippen LogP contribution is -2.43. The largest absolute Gasteiger partial charge is 0.493 e. The lowest BCUT2D eigenvalue weighted by Gasteiger charge is -2.29. The number of carbonyl (C=O) groups excluding carboxylic acids is 1. The molecule has 0 bridgehead atoms. The van der Waals surface area contributed by atoms with Gasteiger partial charge in [0.15, 0.2) is 0 Å². The molecule has 0 spiro atoms. The van der Waals surface area contributed by atoms with Crippen molar-refractivity contribution in [1.82, 2.24) is 25.3 Å². The molecular weight excluding hydrogens is 517 g/mol. The van der Waals surface area contributed by atoms with Crippen LogP contribution in [0.1, 0.15) is 5.56 Å². The van der Waals surface area contributed by atoms with Gasteiger partial charge in [-0.3, -0.25) is 0 Å². The first-order valence-corrected chi connectivity index (χ1v) is 11.3. The Morgan fingerprint density at radius 1 is 1.00 bits per heavy atom. The van der Waals surface area contributed by atoms with Gasteiger partial charge in [0.2, 0.25) is 0 Å². The van der Waals surface area contributed by atoms with Crippen LogP contribution >= 0.6 is 0 Å². The number of hydrogen-bond acceptors (Lipinski definition) is 8. The molecule has 2 heterocycles. The second kappa shape index (κ2) is 11.1. The van der Waals surface area contributed by atoms with Crippen molar-refractivity contribution in [2.45, 2.75) is 12.6 Å². The number of carbonyl (C=O) groups is 1. The van der Waals surface area contributed by atoms with E-state index in [1.54, 1.807) is 6.07 Å². The molecular formula is C23H22F5N7O3. The standard InChI is InChI=1S/C23H22F5N7O3/c24-20(25)17(13-29)10-14-9-16(15-1-3-18(4-2-15)33-7-5-30-6-8-33)12-19(11-14)34-22(37)35(32-31-34)38-21(36)23(26,27)28/h1-4,9,11-12,30H,5-8,10,13,29H2. The highest BCUT2D eigenvalue weighted by Gasteiger charge is 2.42. The third-order valence-corrected chi connectivity index (χ3v) is 5.79. The van der Waals surface area contributed by atoms with Gasteiger partial charge in [-0.15, -0.1) is 0 Å². The van der Waals surface area contributed by atoms with Crippen LogP contribution in [-0.4, -0.2) is 64.8 Å². The summed E-state index contributed by atoms with van der Waals surface area (Å²) in [5.74, 6) is -2.66. The van der Waals surface area contributed by atoms with Gasteiger partial charge >= 0.3 is 17.8 Å². The molecule has 202 valence electrons. The summed E-state index contributed by atoms with van der Waals surface area (Å²) in [7, 11) is 0. The normalized spacial score (nSPS) is 13.9. The fraction of sp³-hybridized carbons (Fsp3) is 0.304. The Labute approximate surface area is 212 Å². The zero-order valence-electron chi connectivity index (χ0n) is 19.7. The van der Waals surface area contributed by atoms with Gasteiger partial charge in [0.25, 0.3) is 6.08 Å². The first-order chi connectivity index (χ1) is 18.1. The lowest BCUT2D eigenvalue weighted by molar-refractivity contribution is -0.202. The van der Waals surface area contributed by atoms with Gasteiger partial charge in [-0.05, 0) is 56.2 Å². The average molecular weight is 539 g/mol. The summed E-state index contributed by atoms with van der Waals surface area (Å²) >= 11 is 0. The van der Waals surface area contributed by atoms with Crippen LogP contribution in [0, 0.1) is 0 Å². The highest BCUT2D eigenvalue weighted by molar-refractivity contribution is 5.75. The quantitative estimate of drug-likeness (QED) is 0.344. The predicted octanol–water partition coefficient (Wildman–Crippen LogP) is 1.67. The molecule has 0 aliphatic carbocycles. The van der Waals surface area contributed by atoms with E-state index in [4.69, 9.17) is 5.73 Å². The fourth-order valence-corrected chi connectivity index (χ4v) is 3.90. The summed E-state index contributed by atoms with van der Waals surface area (Å²) < 4.78 is 64.8. The van der Waals surface area contributed by atoms with Crippen LogP contribution in [0.25, 0.3) is 16.8 Å². The number of benzene rings is 2. The fourth-order valence-electron chi connectivity index (χ4n) is 3.90. The number of nitrogens with zero attached hydrogens (tertiary/aromatic N) is 5. The van der Waals surface area contributed by atoms with Crippen LogP contribution < -0.4 is 26.5 Å². The minimum absolute atomic E-state index is 0.00127. The Balaban J connectivity index is 1.73. The van der Waals surface area contributed by atoms with Crippen molar-refractivity contribution in [2.75, 3.05) is 37.6 Å². The molecule has 1 fully saturated rings. The zero-order valence-corrected chi connectivity index (χ0v) is 19.7. The highest BCUT2D eigenvalue weighted by Crippen LogP contribution is 2.28. The topological polar surface area (TPSA) is 120 Å². The molecule has 15 heteroatoms. The van der Waals surface area contributed by atoms with Crippen molar-refractivity contribution in [2.24, 2.45) is 5.73 Å². The summed E-state index contributed by atoms with van der Waals surface area (Å²) in [4.78, 5) is 29.6. The van der Waals surface area contributed by atoms with E-state index in [-0.39, 0.29) is 22.5 Å². The second-order valence-electron chi connectivity index (χ2n) is 8.34. The van der Waals surface area contributed by atoms with Gasteiger partial charge < -0.3 is 20.8 Å². The molecule has 10 nitrogen and oxygen atoms in total. The summed E-state index contributed by atoms with van der Waals surface area (Å²) in [5, 5.41) is 9.91. The van der Waals surface area contributed by atoms with E-state index in [2.05, 4.69) is 25.5 Å². The average Bonchev–Trinajstić information content (AvgIpc) is 3.26. The first kappa shape index (κ1) is 26.9. The first-order valence-electron chi connectivity index (χ1n) is 11.3. The van der Waals surface area contributed by atoms with E-state index < -0.39 is 30.5 Å². The Bertz CT molecular complexity index is 1390. The van der Waals surface area contributed by atoms with Crippen molar-refractivity contribution >= 4 is 11.7 Å². The van der Waals surface area contributed by atoms with Crippen molar-refractivity contribution < 1.29 is 31.6 Å². The van der Waals surface area contributed by atoms with E-state index in [0.29, 0.717) is 21.4 Å². The lowest BCUT2D eigenvalue weighted by atomic mass is 9.98. The zero-order chi connectivity index (χ0) is 27.4. The molecule has 4 rings (SSSR count). The van der Waals surface area contributed by atoms with Crippen LogP contribution in [0.15, 0.2) is 58.9 Å². The summed E-state index contributed by atoms with van der Waals surface area (Å²) in [6, 6.07) is 11.9. The van der Waals surface area contributed by atoms with Gasteiger partial charge in [0, 0.05) is 50.4 Å². The number of tetrazole rings is 1. The maximum absolute atomic E-state index is 13.3. The maximum Gasteiger partial charge on any atom is 0.493 e. The maximum atomic E-state index is 13.3. The number of hydrogen-bond donors (Lipinski definition) is 2. The SMILES string of the molecule is NCC(Cc1cc(-c2ccc(N3CCNCC3)cc2)cc(-n2nnn(OC(=O)C(F)(F)F)c2=O)c1)=C(F)F. The Morgan fingerprint density at radius 2 is 1.68 bits per heavy atom. The molecule has 0 radical (unpaired) electrons. The van der Waals surface area contributed by atoms with Crippen LogP contribution in [-0.2, 0) is 11.2 Å². The summed E-state index contributed by atoms with van der Waals surface area (Å²) in [6.07, 6.45) is -7.57. The number of rotatable bonds is 7. The Kier molecular flexibility index (Phi) is 7.87. The van der Waals surface area contributed by atoms with Gasteiger partial charge in [-0.1, -0.05) is 18.2 Å². The number of aromatic nitrogens is 4. The summed E-state index contributed by atoms with van der Waals surface area (Å²) in [5.41, 5.74) is 6.30. The molecule has 1 aliphatic heterocycles. The smallest absolute Gasteiger partial charge is 0.369 e. The molecule has 0 amide bonds. The third kappa shape index (κ3) is 6.06. The molecule has 3 N–H and O–H groups in total. The van der Waals surface area contributed by atoms with Gasteiger partial charge in [0.05, 0.1) is 5.69 Å². The molecule has 2 aromatic carbocycles. The molecule has 1 aromatic heterocycles. The molecule has 3 aromatic rings. The minimum Gasteiger partial charge on any atom is -0.369 e. The second-order valence-corrected chi connectivity index (χ2v) is 8.34. The van der Waals surface area contributed by atoms with Crippen LogP contribution in [0.2, 0.25) is 0 Å². The monoisotopic (exact) mass is 539 g/mol. The van der Waals surface area contributed by atoms with E-state index in [9.17, 15) is 31.5 Å². The van der Waals surface area contributed by atoms with Gasteiger partial charge in [-0.25, -0.2) is 9.59 Å². The number of nitrogens with two attached hydrogens (primary N) is 1. The number of nitrogens with one attached hydrogen (secondary N) is 1. The number of halogens is 5. The molecule has 0 saturated carbocycles. The number of piperazine rings is 1. The molecule has 0 unspecified atom stereocenters. The Hall–Kier alpha value is -4.11. The van der Waals surface area contributed by atoms with Crippen molar-refractivity contribution in [1.29, 1.82) is 0 Å². The Morgan fingerprint density at radius 3 is 2.29 bits per heavy atom. The molecule has 1 saturated heterocycles. The molecule has 38 heavy (non-hydrogen) atoms. The van der Waals surface area contributed by atoms with Crippen molar-refractivity contribution in [3.63, 3.8) is 0 Å². The van der Waals surface area contributed by atoms with Crippen LogP contribution in [0.5, 0.6) is 0 Å². The van der Waals surface area contributed by atoms with E-state index in [1.807, 2.05) is 24.3 Å². The number of alkyl halides is 3. The third-order valence-electron chi connectivity index (χ3n) is 5.79. The molecule has 0 atom stereocenters. The highest BCUT2D eigenvalue weighted by atomic mass is 19.4. The summed E-state index contributed by atoms with van der Waals surface area (Å²) in [6.45, 7) is 2.95. The van der Waals surface area contributed by atoms with Gasteiger partial charge in [0.1, 0.15) is 0 Å². The van der Waals surface area contributed by atoms with Gasteiger partial charge in [-0.2, -0.15) is 26.6 Å². The van der Waals surface area contributed by atoms with Crippen LogP contribution in [0.4, 0.5) is 27.6 Å². The molecule has 1 aliphatic rings. The van der Waals surface area contributed by atoms with Crippen molar-refractivity contribution in [3.05, 3.63) is 70.2 Å². The van der Waals surface area contributed by atoms with E-state index >= 15 is 0 Å². The van der Waals surface area contributed by atoms with Crippen molar-refractivity contribution in [3.8, 4) is 16.8 Å². The minimum atomic E-state index is -5.37. The van der Waals surface area contributed by atoms with E-state index in [1.165, 1.54) is 12.1 Å². The van der Waals surface area contributed by atoms with Crippen LogP contribution in [0.3, 0.4) is 0 Å². The predicted molar refractivity (Wildman–Crippen MR) is 126 cm³/mol. The van der Waals surface area contributed by atoms with E-state index in [0.717, 1.165) is 31.9 Å².